The van der Waals surface area contributed by atoms with Crippen LogP contribution in [0, 0.1) is 116 Å². The topological polar surface area (TPSA) is 0 Å². The average molecular weight is 730 g/mol. The third kappa shape index (κ3) is 4.77. The molecule has 0 nitrogen and oxygen atoms in total. The molecule has 0 N–H and O–H groups in total. The summed E-state index contributed by atoms with van der Waals surface area (Å²) in [7, 11) is 0. The minimum atomic E-state index is -3.15. The van der Waals surface area contributed by atoms with Gasteiger partial charge in [0.1, 0.15) is 0 Å². The summed E-state index contributed by atoms with van der Waals surface area (Å²) in [6.45, 7) is 0. The van der Waals surface area contributed by atoms with E-state index in [1.54, 1.807) is 0 Å². The number of hydrogen-bond donors (Lipinski definition) is 0. The maximum Gasteiger partial charge on any atom is 0.200 e. The van der Waals surface area contributed by atoms with Gasteiger partial charge in [0.05, 0.1) is 22.3 Å². The van der Waals surface area contributed by atoms with Gasteiger partial charge < -0.3 is 0 Å². The van der Waals surface area contributed by atoms with E-state index in [0.717, 1.165) is 0 Å². The number of hydrogen-bond acceptors (Lipinski definition) is 0. The Morgan fingerprint density at radius 1 is 0.184 bits per heavy atom. The van der Waals surface area contributed by atoms with Crippen LogP contribution in [0.3, 0.4) is 0 Å². The summed E-state index contributed by atoms with van der Waals surface area (Å²) in [5, 5.41) is 0. The minimum absolute atomic E-state index is 2.17. The van der Waals surface area contributed by atoms with Crippen molar-refractivity contribution in [3.8, 4) is 0 Å². The predicted molar refractivity (Wildman–Crippen MR) is 123 cm³/mol. The van der Waals surface area contributed by atoms with Crippen LogP contribution in [0.2, 0.25) is 0 Å². The molecule has 20 heteroatoms. The van der Waals surface area contributed by atoms with Gasteiger partial charge in [0, 0.05) is 17.6 Å². The fraction of sp³-hybridized carbons (Fsp3) is 0.0345. The van der Waals surface area contributed by atoms with Gasteiger partial charge in [-0.3, -0.25) is 0 Å². The van der Waals surface area contributed by atoms with Crippen molar-refractivity contribution in [3.63, 3.8) is 0 Å². The van der Waals surface area contributed by atoms with Crippen molar-refractivity contribution in [2.75, 3.05) is 0 Å². The lowest BCUT2D eigenvalue weighted by Gasteiger charge is -2.19. The quantitative estimate of drug-likeness (QED) is 0.111. The Balaban J connectivity index is 2.18. The summed E-state index contributed by atoms with van der Waals surface area (Å²) in [5.74, 6) is -61.6. The van der Waals surface area contributed by atoms with Crippen molar-refractivity contribution < 1.29 is 87.8 Å². The van der Waals surface area contributed by atoms with Gasteiger partial charge in [-0.2, -0.15) is 0 Å². The Bertz CT molecular complexity index is 1970. The molecule has 0 amide bonds. The molecule has 0 atom stereocenters. The summed E-state index contributed by atoms with van der Waals surface area (Å²) in [6.07, 6.45) is -2.29. The standard InChI is InChI=1S/C29H2F20/c30-10-6(11(31)19(39)26(46)18(10)38)2-1-3(7-12(32)20(40)27(47)21(41)13(7)33)5(9-16(36)24(44)29(49)25(45)17(9)37)4(2)8-14(34)22(42)28(48)23(43)15(8)35/h1H2. The van der Waals surface area contributed by atoms with Gasteiger partial charge in [-0.15, -0.1) is 0 Å². The second-order valence-corrected chi connectivity index (χ2v) is 9.66. The van der Waals surface area contributed by atoms with Crippen molar-refractivity contribution in [3.05, 3.63) is 139 Å². The molecule has 0 unspecified atom stereocenters. The molecule has 4 aromatic rings. The second kappa shape index (κ2) is 11.8. The molecule has 0 saturated carbocycles. The van der Waals surface area contributed by atoms with Crippen LogP contribution < -0.4 is 0 Å². The summed E-state index contributed by atoms with van der Waals surface area (Å²) in [4.78, 5) is 0. The molecule has 5 rings (SSSR count). The fourth-order valence-corrected chi connectivity index (χ4v) is 5.02. The molecule has 4 aromatic carbocycles. The monoisotopic (exact) mass is 730 g/mol. The number of rotatable bonds is 4. The zero-order chi connectivity index (χ0) is 36.9. The predicted octanol–water partition coefficient (Wildman–Crippen LogP) is 10.4. The van der Waals surface area contributed by atoms with E-state index in [-0.39, 0.29) is 0 Å². The summed E-state index contributed by atoms with van der Waals surface area (Å²) in [6, 6.07) is 0. The zero-order valence-corrected chi connectivity index (χ0v) is 22.3. The summed E-state index contributed by atoms with van der Waals surface area (Å²) < 4.78 is 292. The van der Waals surface area contributed by atoms with Crippen LogP contribution in [0.25, 0.3) is 22.3 Å². The molecular formula is C29H2F20. The van der Waals surface area contributed by atoms with Gasteiger partial charge >= 0.3 is 0 Å². The van der Waals surface area contributed by atoms with Crippen LogP contribution in [0.4, 0.5) is 87.8 Å². The van der Waals surface area contributed by atoms with E-state index in [4.69, 9.17) is 0 Å². The Hall–Kier alpha value is -5.04. The maximum absolute atomic E-state index is 15.3. The Labute approximate surface area is 255 Å². The molecule has 0 aliphatic heterocycles. The lowest BCUT2D eigenvalue weighted by molar-refractivity contribution is 0.375. The normalized spacial score (nSPS) is 13.5. The lowest BCUT2D eigenvalue weighted by Crippen LogP contribution is -2.12. The van der Waals surface area contributed by atoms with Crippen LogP contribution in [0.1, 0.15) is 28.7 Å². The molecule has 49 heavy (non-hydrogen) atoms. The molecule has 0 fully saturated rings. The third-order valence-corrected chi connectivity index (χ3v) is 7.15. The molecular weight excluding hydrogens is 728 g/mol. The molecule has 0 heterocycles. The van der Waals surface area contributed by atoms with E-state index >= 15 is 35.1 Å². The lowest BCUT2D eigenvalue weighted by atomic mass is 9.87. The van der Waals surface area contributed by atoms with Gasteiger partial charge in [-0.1, -0.05) is 0 Å². The molecule has 1 aliphatic carbocycles. The molecule has 0 bridgehead atoms. The van der Waals surface area contributed by atoms with E-state index in [9.17, 15) is 52.7 Å². The molecule has 0 saturated heterocycles. The van der Waals surface area contributed by atoms with Gasteiger partial charge in [0.15, 0.2) is 93.1 Å². The average Bonchev–Trinajstić information content (AvgIpc) is 3.42. The van der Waals surface area contributed by atoms with Crippen molar-refractivity contribution in [2.24, 2.45) is 0 Å². The van der Waals surface area contributed by atoms with Crippen LogP contribution in [0.5, 0.6) is 0 Å². The first-order valence-corrected chi connectivity index (χ1v) is 12.2. The van der Waals surface area contributed by atoms with Crippen molar-refractivity contribution in [2.45, 2.75) is 6.42 Å². The van der Waals surface area contributed by atoms with Crippen molar-refractivity contribution in [1.29, 1.82) is 0 Å². The first-order chi connectivity index (χ1) is 22.7. The number of halogens is 20. The highest BCUT2D eigenvalue weighted by Gasteiger charge is 2.44. The minimum Gasteiger partial charge on any atom is -0.203 e. The Morgan fingerprint density at radius 3 is 0.510 bits per heavy atom. The highest BCUT2D eigenvalue weighted by Crippen LogP contribution is 2.56. The highest BCUT2D eigenvalue weighted by molar-refractivity contribution is 6.27. The summed E-state index contributed by atoms with van der Waals surface area (Å²) in [5.41, 5.74) is -19.8. The molecule has 1 aliphatic rings. The van der Waals surface area contributed by atoms with E-state index in [1.165, 1.54) is 0 Å². The molecule has 258 valence electrons. The molecule has 0 spiro atoms. The first-order valence-electron chi connectivity index (χ1n) is 12.2. The van der Waals surface area contributed by atoms with Crippen LogP contribution in [-0.2, 0) is 0 Å². The Morgan fingerprint density at radius 2 is 0.327 bits per heavy atom. The second-order valence-electron chi connectivity index (χ2n) is 9.66. The van der Waals surface area contributed by atoms with E-state index in [1.807, 2.05) is 0 Å². The number of allylic oxidation sites excluding steroid dienone is 4. The molecule has 0 radical (unpaired) electrons. The smallest absolute Gasteiger partial charge is 0.200 e. The first kappa shape index (κ1) is 35.3. The van der Waals surface area contributed by atoms with Crippen molar-refractivity contribution >= 4 is 22.3 Å². The largest absolute Gasteiger partial charge is 0.203 e. The van der Waals surface area contributed by atoms with E-state index in [2.05, 4.69) is 0 Å². The summed E-state index contributed by atoms with van der Waals surface area (Å²) >= 11 is 0. The van der Waals surface area contributed by atoms with Crippen molar-refractivity contribution in [1.82, 2.24) is 0 Å². The van der Waals surface area contributed by atoms with Gasteiger partial charge in [0.2, 0.25) is 23.3 Å². The Kier molecular flexibility index (Phi) is 8.52. The van der Waals surface area contributed by atoms with E-state index in [0.29, 0.717) is 0 Å². The van der Waals surface area contributed by atoms with Gasteiger partial charge in [-0.25, -0.2) is 87.8 Å². The molecule has 0 aromatic heterocycles. The number of benzene rings is 4. The highest BCUT2D eigenvalue weighted by atomic mass is 19.2. The van der Waals surface area contributed by atoms with Gasteiger partial charge in [-0.05, 0) is 11.1 Å². The fourth-order valence-electron chi connectivity index (χ4n) is 5.02. The zero-order valence-electron chi connectivity index (χ0n) is 22.3. The third-order valence-electron chi connectivity index (χ3n) is 7.15. The van der Waals surface area contributed by atoms with E-state index < -0.39 is 167 Å². The van der Waals surface area contributed by atoms with Crippen LogP contribution >= 0.6 is 0 Å². The SMILES string of the molecule is Fc1c(F)c(F)c(C2=C(c3c(F)c(F)c(F)c(F)c3F)C(c3c(F)c(F)c(F)c(F)c3F)=C(c3c(F)c(F)c(F)c(F)c3F)C2)c(F)c1F. The van der Waals surface area contributed by atoms with Gasteiger partial charge in [0.25, 0.3) is 0 Å². The maximum atomic E-state index is 15.3. The van der Waals surface area contributed by atoms with Crippen LogP contribution in [0.15, 0.2) is 0 Å². The van der Waals surface area contributed by atoms with Crippen LogP contribution in [-0.4, -0.2) is 0 Å².